The lowest BCUT2D eigenvalue weighted by atomic mass is 9.86. The van der Waals surface area contributed by atoms with Crippen molar-refractivity contribution >= 4 is 34.9 Å². The zero-order chi connectivity index (χ0) is 29.4. The Labute approximate surface area is 245 Å². The van der Waals surface area contributed by atoms with Gasteiger partial charge in [-0.05, 0) is 60.2 Å². The van der Waals surface area contributed by atoms with E-state index < -0.39 is 0 Å². The van der Waals surface area contributed by atoms with Gasteiger partial charge in [0.25, 0.3) is 11.8 Å². The van der Waals surface area contributed by atoms with E-state index in [0.717, 1.165) is 25.1 Å². The van der Waals surface area contributed by atoms with Crippen LogP contribution in [0.15, 0.2) is 60.9 Å². The van der Waals surface area contributed by atoms with E-state index in [0.29, 0.717) is 48.2 Å². The summed E-state index contributed by atoms with van der Waals surface area (Å²) in [6.07, 6.45) is 5.26. The molecule has 218 valence electrons. The van der Waals surface area contributed by atoms with Crippen LogP contribution >= 0.6 is 0 Å². The molecule has 1 atom stereocenters. The molecule has 6 rings (SSSR count). The molecule has 4 N–H and O–H groups in total. The first-order valence-corrected chi connectivity index (χ1v) is 14.4. The van der Waals surface area contributed by atoms with Gasteiger partial charge in [0.05, 0.1) is 0 Å². The molecule has 11 heteroatoms. The topological polar surface area (TPSA) is 134 Å². The van der Waals surface area contributed by atoms with Crippen molar-refractivity contribution < 1.29 is 9.59 Å². The highest BCUT2D eigenvalue weighted by atomic mass is 16.2. The van der Waals surface area contributed by atoms with Crippen LogP contribution in [0.1, 0.15) is 59.9 Å². The minimum absolute atomic E-state index is 0.0168. The van der Waals surface area contributed by atoms with Crippen molar-refractivity contribution in [3.63, 3.8) is 0 Å². The predicted octanol–water partition coefficient (Wildman–Crippen LogP) is 3.35. The Hall–Kier alpha value is -4.51. The summed E-state index contributed by atoms with van der Waals surface area (Å²) in [7, 11) is 0. The summed E-state index contributed by atoms with van der Waals surface area (Å²) in [6, 6.07) is 15.2. The van der Waals surface area contributed by atoms with Gasteiger partial charge < -0.3 is 26.2 Å². The molecule has 4 heterocycles. The van der Waals surface area contributed by atoms with E-state index in [9.17, 15) is 9.59 Å². The number of nitrogens with two attached hydrogens (primary N) is 1. The summed E-state index contributed by atoms with van der Waals surface area (Å²) in [5, 5.41) is 11.3. The summed E-state index contributed by atoms with van der Waals surface area (Å²) >= 11 is 0. The van der Waals surface area contributed by atoms with Crippen molar-refractivity contribution in [1.29, 1.82) is 0 Å². The average molecular weight is 568 g/mol. The molecular formula is C31H37N9O2. The van der Waals surface area contributed by atoms with Gasteiger partial charge in [-0.3, -0.25) is 9.59 Å². The second-order valence-electron chi connectivity index (χ2n) is 12.2. The number of aromatic nitrogens is 4. The number of nitrogens with zero attached hydrogens (tertiary/aromatic N) is 6. The van der Waals surface area contributed by atoms with Crippen LogP contribution in [0.4, 0.5) is 17.5 Å². The van der Waals surface area contributed by atoms with Crippen LogP contribution in [0, 0.1) is 0 Å². The molecule has 2 aromatic heterocycles. The van der Waals surface area contributed by atoms with E-state index in [4.69, 9.17) is 15.8 Å². The van der Waals surface area contributed by atoms with Crippen LogP contribution in [-0.2, 0) is 5.41 Å². The van der Waals surface area contributed by atoms with E-state index >= 15 is 0 Å². The Kier molecular flexibility index (Phi) is 7.28. The molecule has 0 saturated carbocycles. The number of hydrogen-bond acceptors (Lipinski definition) is 8. The SMILES string of the molecule is CC(C)(C)c1ccc(C(=O)N[C@@H]2CCCN(c3nc(Nc4ccc(C(=O)N5CC(N)C5)cc4)c4nccn4n3)C2)cc1. The standard InChI is InChI=1S/C31H37N9O2/c1-31(2,3)22-10-6-20(7-11-22)28(41)35-25-5-4-15-38(19-25)30-36-26(27-33-14-16-40(27)37-30)34-24-12-8-21(9-13-24)29(42)39-17-23(32)18-39/h6-14,16,23,25H,4-5,15,17-19,32H2,1-3H3,(H,35,41)(H,34,36,37)/t25-/m1/s1. The second kappa shape index (κ2) is 11.1. The van der Waals surface area contributed by atoms with Crippen molar-refractivity contribution in [2.24, 2.45) is 5.73 Å². The largest absolute Gasteiger partial charge is 0.348 e. The molecule has 0 aliphatic carbocycles. The molecular weight excluding hydrogens is 530 g/mol. The summed E-state index contributed by atoms with van der Waals surface area (Å²) in [6.45, 7) is 9.04. The third-order valence-corrected chi connectivity index (χ3v) is 7.89. The van der Waals surface area contributed by atoms with Gasteiger partial charge in [-0.15, -0.1) is 5.10 Å². The van der Waals surface area contributed by atoms with Gasteiger partial charge in [-0.2, -0.15) is 4.98 Å². The van der Waals surface area contributed by atoms with E-state index in [2.05, 4.69) is 41.3 Å². The minimum Gasteiger partial charge on any atom is -0.348 e. The van der Waals surface area contributed by atoms with Crippen LogP contribution in [-0.4, -0.2) is 74.6 Å². The van der Waals surface area contributed by atoms with Crippen LogP contribution in [0.25, 0.3) is 5.65 Å². The van der Waals surface area contributed by atoms with Gasteiger partial charge in [0, 0.05) is 67.5 Å². The molecule has 42 heavy (non-hydrogen) atoms. The smallest absolute Gasteiger partial charge is 0.253 e. The molecule has 2 aromatic carbocycles. The van der Waals surface area contributed by atoms with Gasteiger partial charge in [0.15, 0.2) is 11.5 Å². The van der Waals surface area contributed by atoms with Crippen molar-refractivity contribution in [2.75, 3.05) is 36.4 Å². The van der Waals surface area contributed by atoms with Gasteiger partial charge in [-0.1, -0.05) is 32.9 Å². The number of anilines is 3. The zero-order valence-electron chi connectivity index (χ0n) is 24.2. The third-order valence-electron chi connectivity index (χ3n) is 7.89. The lowest BCUT2D eigenvalue weighted by molar-refractivity contribution is 0.0608. The van der Waals surface area contributed by atoms with Crippen molar-refractivity contribution in [3.05, 3.63) is 77.6 Å². The number of benzene rings is 2. The number of likely N-dealkylation sites (tertiary alicyclic amines) is 1. The van der Waals surface area contributed by atoms with Crippen LogP contribution in [0.3, 0.4) is 0 Å². The van der Waals surface area contributed by atoms with Crippen molar-refractivity contribution in [1.82, 2.24) is 29.8 Å². The Morgan fingerprint density at radius 1 is 0.976 bits per heavy atom. The molecule has 4 aromatic rings. The fourth-order valence-corrected chi connectivity index (χ4v) is 5.39. The average Bonchev–Trinajstić information content (AvgIpc) is 3.45. The number of rotatable bonds is 6. The van der Waals surface area contributed by atoms with Crippen LogP contribution in [0.5, 0.6) is 0 Å². The molecule has 2 fully saturated rings. The maximum atomic E-state index is 13.0. The van der Waals surface area contributed by atoms with Gasteiger partial charge in [-0.25, -0.2) is 9.50 Å². The lowest BCUT2D eigenvalue weighted by Crippen LogP contribution is -2.57. The summed E-state index contributed by atoms with van der Waals surface area (Å²) in [5.74, 6) is 1.02. The molecule has 2 amide bonds. The number of nitrogens with one attached hydrogen (secondary N) is 2. The Morgan fingerprint density at radius 3 is 2.38 bits per heavy atom. The van der Waals surface area contributed by atoms with Crippen LogP contribution < -0.4 is 21.3 Å². The quantitative estimate of drug-likeness (QED) is 0.323. The molecule has 11 nitrogen and oxygen atoms in total. The second-order valence-corrected chi connectivity index (χ2v) is 12.2. The molecule has 0 unspecified atom stereocenters. The third kappa shape index (κ3) is 5.78. The molecule has 0 radical (unpaired) electrons. The van der Waals surface area contributed by atoms with Crippen LogP contribution in [0.2, 0.25) is 0 Å². The number of piperidine rings is 1. The Balaban J connectivity index is 1.15. The Morgan fingerprint density at radius 2 is 1.69 bits per heavy atom. The van der Waals surface area contributed by atoms with Gasteiger partial charge >= 0.3 is 0 Å². The molecule has 2 aliphatic rings. The Bertz CT molecular complexity index is 1590. The number of fused-ring (bicyclic) bond motifs is 1. The lowest BCUT2D eigenvalue weighted by Gasteiger charge is -2.36. The van der Waals surface area contributed by atoms with Crippen molar-refractivity contribution in [3.8, 4) is 0 Å². The van der Waals surface area contributed by atoms with E-state index in [1.165, 1.54) is 5.56 Å². The number of amides is 2. The minimum atomic E-state index is -0.0745. The fourth-order valence-electron chi connectivity index (χ4n) is 5.39. The molecule has 0 bridgehead atoms. The van der Waals surface area contributed by atoms with E-state index in [1.807, 2.05) is 36.4 Å². The maximum absolute atomic E-state index is 13.0. The summed E-state index contributed by atoms with van der Waals surface area (Å²) < 4.78 is 1.70. The highest BCUT2D eigenvalue weighted by Crippen LogP contribution is 2.25. The number of carbonyl (C=O) groups excluding carboxylic acids is 2. The molecule has 0 spiro atoms. The fraction of sp³-hybridized carbons (Fsp3) is 0.387. The number of hydrogen-bond donors (Lipinski definition) is 3. The highest BCUT2D eigenvalue weighted by molar-refractivity contribution is 5.95. The zero-order valence-corrected chi connectivity index (χ0v) is 24.2. The van der Waals surface area contributed by atoms with E-state index in [-0.39, 0.29) is 29.3 Å². The number of imidazole rings is 1. The first-order chi connectivity index (χ1) is 20.1. The normalized spacial score (nSPS) is 17.7. The van der Waals surface area contributed by atoms with Crippen molar-refractivity contribution in [2.45, 2.75) is 51.1 Å². The maximum Gasteiger partial charge on any atom is 0.253 e. The molecule has 2 aliphatic heterocycles. The summed E-state index contributed by atoms with van der Waals surface area (Å²) in [4.78, 5) is 38.8. The monoisotopic (exact) mass is 567 g/mol. The summed E-state index contributed by atoms with van der Waals surface area (Å²) in [5.41, 5.74) is 9.70. The predicted molar refractivity (Wildman–Crippen MR) is 162 cm³/mol. The first-order valence-electron chi connectivity index (χ1n) is 14.4. The van der Waals surface area contributed by atoms with Gasteiger partial charge in [0.1, 0.15) is 0 Å². The number of carbonyl (C=O) groups is 2. The van der Waals surface area contributed by atoms with E-state index in [1.54, 1.807) is 33.9 Å². The molecule has 2 saturated heterocycles. The first kappa shape index (κ1) is 27.6. The van der Waals surface area contributed by atoms with Gasteiger partial charge in [0.2, 0.25) is 5.95 Å². The highest BCUT2D eigenvalue weighted by Gasteiger charge is 2.28.